The molecule has 6 nitrogen and oxygen atoms in total. The van der Waals surface area contributed by atoms with Gasteiger partial charge in [-0.15, -0.1) is 0 Å². The minimum Gasteiger partial charge on any atom is -0.545 e. The molecule has 0 amide bonds. The van der Waals surface area contributed by atoms with Gasteiger partial charge < -0.3 is 19.6 Å². The molecule has 0 bridgehead atoms. The van der Waals surface area contributed by atoms with Gasteiger partial charge in [-0.25, -0.2) is 0 Å². The Morgan fingerprint density at radius 3 is 2.62 bits per heavy atom. The van der Waals surface area contributed by atoms with Crippen molar-refractivity contribution >= 4 is 29.5 Å². The monoisotopic (exact) mass is 302 g/mol. The predicted molar refractivity (Wildman–Crippen MR) is 80.9 cm³/mol. The molecule has 2 N–H and O–H groups in total. The summed E-state index contributed by atoms with van der Waals surface area (Å²) in [6.07, 6.45) is 1.49. The molecule has 1 aromatic heterocycles. The maximum atomic E-state index is 10.7. The fourth-order valence-corrected chi connectivity index (χ4v) is 1.61. The van der Waals surface area contributed by atoms with Gasteiger partial charge in [-0.1, -0.05) is 24.3 Å². The van der Waals surface area contributed by atoms with Gasteiger partial charge in [0.05, 0.1) is 12.2 Å². The van der Waals surface area contributed by atoms with Crippen molar-refractivity contribution in [1.29, 1.82) is 0 Å². The van der Waals surface area contributed by atoms with Crippen LogP contribution in [0.25, 0.3) is 11.3 Å². The summed E-state index contributed by atoms with van der Waals surface area (Å²) in [5.74, 6) is -0.0571. The van der Waals surface area contributed by atoms with E-state index >= 15 is 0 Å². The number of hydrogen-bond donors (Lipinski definition) is 2. The minimum atomic E-state index is -1.21. The number of thiocarbonyl (C=S) groups is 1. The number of carboxylic acids is 1. The molecule has 1 aromatic carbocycles. The zero-order valence-corrected chi connectivity index (χ0v) is 11.9. The van der Waals surface area contributed by atoms with Crippen LogP contribution < -0.4 is 15.8 Å². The number of carbonyl (C=O) groups excluding carboxylic acids is 1. The van der Waals surface area contributed by atoms with Gasteiger partial charge in [0.2, 0.25) is 0 Å². The smallest absolute Gasteiger partial charge is 0.186 e. The van der Waals surface area contributed by atoms with Crippen molar-refractivity contribution in [3.8, 4) is 11.3 Å². The molecule has 2 rings (SSSR count). The van der Waals surface area contributed by atoms with Crippen LogP contribution in [0.3, 0.4) is 0 Å². The van der Waals surface area contributed by atoms with E-state index in [0.717, 1.165) is 5.56 Å². The molecule has 0 spiro atoms. The summed E-state index contributed by atoms with van der Waals surface area (Å²) in [5, 5.41) is 17.7. The molecular formula is C14H12N3O3S-. The van der Waals surface area contributed by atoms with E-state index in [1.54, 1.807) is 31.3 Å². The standard InChI is InChI=1S/C14H13N3O3S/c1-15-14(21)17-16-8-11-6-7-12(20-11)9-2-4-10(5-3-9)13(18)19/h2-8H,1H3,(H,18,19)(H2,15,17,21)/p-1/b16-8-. The Morgan fingerprint density at radius 1 is 1.29 bits per heavy atom. The summed E-state index contributed by atoms with van der Waals surface area (Å²) in [4.78, 5) is 10.7. The second-order valence-electron chi connectivity index (χ2n) is 4.02. The molecule has 0 unspecified atom stereocenters. The van der Waals surface area contributed by atoms with E-state index in [1.807, 2.05) is 0 Å². The second-order valence-corrected chi connectivity index (χ2v) is 4.42. The molecule has 0 aliphatic rings. The molecule has 0 radical (unpaired) electrons. The number of nitrogens with one attached hydrogen (secondary N) is 2. The van der Waals surface area contributed by atoms with Gasteiger partial charge in [0.25, 0.3) is 0 Å². The number of benzene rings is 1. The third-order valence-corrected chi connectivity index (χ3v) is 2.91. The highest BCUT2D eigenvalue weighted by atomic mass is 32.1. The van der Waals surface area contributed by atoms with Crippen LogP contribution in [0.5, 0.6) is 0 Å². The van der Waals surface area contributed by atoms with E-state index in [2.05, 4.69) is 15.8 Å². The minimum absolute atomic E-state index is 0.122. The van der Waals surface area contributed by atoms with Crippen LogP contribution in [0, 0.1) is 0 Å². The maximum absolute atomic E-state index is 10.7. The highest BCUT2D eigenvalue weighted by Gasteiger charge is 2.04. The van der Waals surface area contributed by atoms with Crippen LogP contribution in [0.2, 0.25) is 0 Å². The second kappa shape index (κ2) is 6.67. The number of hydrazone groups is 1. The van der Waals surface area contributed by atoms with Crippen molar-refractivity contribution in [3.05, 3.63) is 47.7 Å². The molecule has 0 aliphatic carbocycles. The summed E-state index contributed by atoms with van der Waals surface area (Å²) >= 11 is 4.87. The van der Waals surface area contributed by atoms with Crippen molar-refractivity contribution in [2.24, 2.45) is 5.10 Å². The first-order chi connectivity index (χ1) is 10.1. The summed E-state index contributed by atoms with van der Waals surface area (Å²) in [5.41, 5.74) is 3.49. The fraction of sp³-hybridized carbons (Fsp3) is 0.0714. The molecule has 1 heterocycles. The molecule has 0 saturated carbocycles. The molecular weight excluding hydrogens is 290 g/mol. The lowest BCUT2D eigenvalue weighted by atomic mass is 10.1. The largest absolute Gasteiger partial charge is 0.545 e. The van der Waals surface area contributed by atoms with Crippen molar-refractivity contribution in [3.63, 3.8) is 0 Å². The molecule has 108 valence electrons. The zero-order chi connectivity index (χ0) is 15.2. The van der Waals surface area contributed by atoms with E-state index in [1.165, 1.54) is 18.3 Å². The number of hydrogen-bond acceptors (Lipinski definition) is 5. The summed E-state index contributed by atoms with van der Waals surface area (Å²) < 4.78 is 5.57. The maximum Gasteiger partial charge on any atom is 0.186 e. The quantitative estimate of drug-likeness (QED) is 0.492. The first-order valence-electron chi connectivity index (χ1n) is 6.02. The fourth-order valence-electron chi connectivity index (χ4n) is 1.56. The SMILES string of the molecule is CNC(=S)N/N=C\c1ccc(-c2ccc(C(=O)[O-])cc2)o1. The van der Waals surface area contributed by atoms with Crippen LogP contribution in [0.15, 0.2) is 45.9 Å². The van der Waals surface area contributed by atoms with E-state index in [4.69, 9.17) is 16.6 Å². The van der Waals surface area contributed by atoms with Crippen molar-refractivity contribution in [2.45, 2.75) is 0 Å². The van der Waals surface area contributed by atoms with Crippen molar-refractivity contribution < 1.29 is 14.3 Å². The topological polar surface area (TPSA) is 89.7 Å². The third kappa shape index (κ3) is 3.90. The normalized spacial score (nSPS) is 10.5. The number of carbonyl (C=O) groups is 1. The molecule has 0 saturated heterocycles. The van der Waals surface area contributed by atoms with Crippen LogP contribution in [-0.4, -0.2) is 24.3 Å². The Hall–Kier alpha value is -2.67. The zero-order valence-electron chi connectivity index (χ0n) is 11.1. The Kier molecular flexibility index (Phi) is 4.68. The van der Waals surface area contributed by atoms with E-state index in [0.29, 0.717) is 16.6 Å². The van der Waals surface area contributed by atoms with Crippen LogP contribution in [0.1, 0.15) is 16.1 Å². The molecule has 21 heavy (non-hydrogen) atoms. The lowest BCUT2D eigenvalue weighted by Gasteiger charge is -2.02. The Balaban J connectivity index is 2.09. The lowest BCUT2D eigenvalue weighted by molar-refractivity contribution is -0.255. The Labute approximate surface area is 126 Å². The van der Waals surface area contributed by atoms with Gasteiger partial charge in [-0.2, -0.15) is 5.10 Å². The van der Waals surface area contributed by atoms with Crippen LogP contribution >= 0.6 is 12.2 Å². The van der Waals surface area contributed by atoms with Gasteiger partial charge in [-0.05, 0) is 29.9 Å². The number of furan rings is 1. The van der Waals surface area contributed by atoms with Gasteiger partial charge >= 0.3 is 0 Å². The first-order valence-corrected chi connectivity index (χ1v) is 6.43. The third-order valence-electron chi connectivity index (χ3n) is 2.62. The summed E-state index contributed by atoms with van der Waals surface area (Å²) in [6, 6.07) is 9.75. The highest BCUT2D eigenvalue weighted by molar-refractivity contribution is 7.80. The number of aromatic carboxylic acids is 1. The van der Waals surface area contributed by atoms with Gasteiger partial charge in [0.15, 0.2) is 5.11 Å². The van der Waals surface area contributed by atoms with Gasteiger partial charge in [-0.3, -0.25) is 5.43 Å². The van der Waals surface area contributed by atoms with Gasteiger partial charge in [0.1, 0.15) is 11.5 Å². The molecule has 7 heteroatoms. The van der Waals surface area contributed by atoms with Crippen LogP contribution in [0.4, 0.5) is 0 Å². The summed E-state index contributed by atoms with van der Waals surface area (Å²) in [7, 11) is 1.69. The van der Waals surface area contributed by atoms with E-state index < -0.39 is 5.97 Å². The van der Waals surface area contributed by atoms with Crippen LogP contribution in [-0.2, 0) is 0 Å². The molecule has 0 aliphatic heterocycles. The Morgan fingerprint density at radius 2 is 2.00 bits per heavy atom. The van der Waals surface area contributed by atoms with Crippen molar-refractivity contribution in [1.82, 2.24) is 10.7 Å². The number of carboxylic acid groups (broad SMARTS) is 1. The van der Waals surface area contributed by atoms with E-state index in [9.17, 15) is 9.90 Å². The molecule has 2 aromatic rings. The first kappa shape index (κ1) is 14.7. The molecule has 0 atom stereocenters. The average molecular weight is 302 g/mol. The number of rotatable bonds is 4. The average Bonchev–Trinajstić information content (AvgIpc) is 2.96. The highest BCUT2D eigenvalue weighted by Crippen LogP contribution is 2.21. The van der Waals surface area contributed by atoms with Crippen molar-refractivity contribution in [2.75, 3.05) is 7.05 Å². The number of nitrogens with zero attached hydrogens (tertiary/aromatic N) is 1. The lowest BCUT2D eigenvalue weighted by Crippen LogP contribution is -2.28. The van der Waals surface area contributed by atoms with Gasteiger partial charge in [0, 0.05) is 12.6 Å². The molecule has 0 fully saturated rings. The summed E-state index contributed by atoms with van der Waals surface area (Å²) in [6.45, 7) is 0. The predicted octanol–water partition coefficient (Wildman–Crippen LogP) is 0.738. The Bertz CT molecular complexity index is 677. The van der Waals surface area contributed by atoms with E-state index in [-0.39, 0.29) is 5.56 Å².